The Morgan fingerprint density at radius 1 is 1.25 bits per heavy atom. The molecular formula is C12H14N2OS. The van der Waals surface area contributed by atoms with Crippen LogP contribution in [-0.4, -0.2) is 11.0 Å². The number of benzene rings is 1. The summed E-state index contributed by atoms with van der Waals surface area (Å²) in [6, 6.07) is 9.57. The van der Waals surface area contributed by atoms with Crippen LogP contribution in [0.2, 0.25) is 0 Å². The third kappa shape index (κ3) is 2.79. The van der Waals surface area contributed by atoms with Gasteiger partial charge in [-0.2, -0.15) is 0 Å². The first-order chi connectivity index (χ1) is 7.75. The van der Waals surface area contributed by atoms with Crippen LogP contribution in [0.3, 0.4) is 0 Å². The highest BCUT2D eigenvalue weighted by atomic mass is 32.1. The van der Waals surface area contributed by atoms with Crippen LogP contribution in [0, 0.1) is 5.92 Å². The van der Waals surface area contributed by atoms with Gasteiger partial charge in [0, 0.05) is 11.6 Å². The van der Waals surface area contributed by atoms with Gasteiger partial charge in [0.1, 0.15) is 0 Å². The van der Waals surface area contributed by atoms with Crippen molar-refractivity contribution in [2.45, 2.75) is 19.3 Å². The van der Waals surface area contributed by atoms with E-state index < -0.39 is 0 Å². The Morgan fingerprint density at radius 3 is 2.50 bits per heavy atom. The quantitative estimate of drug-likeness (QED) is 0.771. The molecule has 1 aromatic carbocycles. The van der Waals surface area contributed by atoms with E-state index in [1.807, 2.05) is 30.3 Å². The Labute approximate surface area is 100 Å². The van der Waals surface area contributed by atoms with Gasteiger partial charge in [-0.15, -0.1) is 0 Å². The van der Waals surface area contributed by atoms with Gasteiger partial charge in [0.25, 0.3) is 0 Å². The van der Waals surface area contributed by atoms with E-state index in [9.17, 15) is 4.79 Å². The fourth-order valence-corrected chi connectivity index (χ4v) is 1.79. The van der Waals surface area contributed by atoms with Gasteiger partial charge >= 0.3 is 0 Å². The van der Waals surface area contributed by atoms with Crippen LogP contribution in [0.25, 0.3) is 0 Å². The molecule has 0 saturated heterocycles. The molecule has 0 bridgehead atoms. The lowest BCUT2D eigenvalue weighted by Crippen LogP contribution is -2.40. The number of anilines is 1. The molecule has 1 aromatic rings. The van der Waals surface area contributed by atoms with E-state index in [1.165, 1.54) is 0 Å². The van der Waals surface area contributed by atoms with Crippen molar-refractivity contribution in [2.75, 3.05) is 5.32 Å². The van der Waals surface area contributed by atoms with Crippen molar-refractivity contribution in [2.24, 2.45) is 5.92 Å². The summed E-state index contributed by atoms with van der Waals surface area (Å²) in [6.07, 6.45) is 3.12. The second-order valence-electron chi connectivity index (χ2n) is 3.94. The summed E-state index contributed by atoms with van der Waals surface area (Å²) >= 11 is 5.06. The lowest BCUT2D eigenvalue weighted by Gasteiger charge is -2.24. The van der Waals surface area contributed by atoms with E-state index >= 15 is 0 Å². The second-order valence-corrected chi connectivity index (χ2v) is 4.35. The van der Waals surface area contributed by atoms with Crippen molar-refractivity contribution in [3.05, 3.63) is 30.3 Å². The smallest absolute Gasteiger partial charge is 0.229 e. The van der Waals surface area contributed by atoms with Crippen LogP contribution in [0.15, 0.2) is 30.3 Å². The molecule has 0 aliphatic heterocycles. The standard InChI is InChI=1S/C12H14N2OS/c15-11(9-5-4-6-9)14-12(16)13-10-7-2-1-3-8-10/h1-3,7-9H,4-6H2,(H2,13,14,15,16). The van der Waals surface area contributed by atoms with Crippen LogP contribution in [0.4, 0.5) is 5.69 Å². The van der Waals surface area contributed by atoms with Crippen LogP contribution in [0.5, 0.6) is 0 Å². The highest BCUT2D eigenvalue weighted by Gasteiger charge is 2.25. The van der Waals surface area contributed by atoms with Crippen LogP contribution < -0.4 is 10.6 Å². The Bertz CT molecular complexity index is 387. The van der Waals surface area contributed by atoms with Gasteiger partial charge in [0.2, 0.25) is 5.91 Å². The number of nitrogens with one attached hydrogen (secondary N) is 2. The zero-order valence-electron chi connectivity index (χ0n) is 8.90. The fraction of sp³-hybridized carbons (Fsp3) is 0.333. The molecule has 1 saturated carbocycles. The van der Waals surface area contributed by atoms with Gasteiger partial charge in [-0.25, -0.2) is 0 Å². The predicted octanol–water partition coefficient (Wildman–Crippen LogP) is 2.30. The molecule has 2 rings (SSSR count). The molecule has 0 heterocycles. The summed E-state index contributed by atoms with van der Waals surface area (Å²) in [5.74, 6) is 0.204. The molecule has 0 atom stereocenters. The molecule has 1 aliphatic rings. The molecule has 3 nitrogen and oxygen atoms in total. The Morgan fingerprint density at radius 2 is 1.94 bits per heavy atom. The first-order valence-corrected chi connectivity index (χ1v) is 5.83. The first-order valence-electron chi connectivity index (χ1n) is 5.42. The zero-order chi connectivity index (χ0) is 11.4. The summed E-state index contributed by atoms with van der Waals surface area (Å²) in [5.41, 5.74) is 0.890. The van der Waals surface area contributed by atoms with Crippen molar-refractivity contribution in [1.29, 1.82) is 0 Å². The number of para-hydroxylation sites is 1. The van der Waals surface area contributed by atoms with Gasteiger partial charge in [-0.1, -0.05) is 24.6 Å². The molecule has 0 aromatic heterocycles. The van der Waals surface area contributed by atoms with Crippen molar-refractivity contribution >= 4 is 28.9 Å². The number of hydrogen-bond acceptors (Lipinski definition) is 2. The number of carbonyl (C=O) groups excluding carboxylic acids is 1. The molecule has 16 heavy (non-hydrogen) atoms. The van der Waals surface area contributed by atoms with E-state index in [-0.39, 0.29) is 11.8 Å². The molecule has 1 amide bonds. The number of rotatable bonds is 2. The van der Waals surface area contributed by atoms with Crippen LogP contribution in [0.1, 0.15) is 19.3 Å². The SMILES string of the molecule is O=C(NC(=S)Nc1ccccc1)C1CCC1. The number of hydrogen-bond donors (Lipinski definition) is 2. The Hall–Kier alpha value is -1.42. The largest absolute Gasteiger partial charge is 0.332 e. The van der Waals surface area contributed by atoms with Crippen molar-refractivity contribution < 1.29 is 4.79 Å². The minimum absolute atomic E-state index is 0.0414. The zero-order valence-corrected chi connectivity index (χ0v) is 9.72. The van der Waals surface area contributed by atoms with Gasteiger partial charge < -0.3 is 10.6 Å². The third-order valence-corrected chi connectivity index (χ3v) is 2.95. The Kier molecular flexibility index (Phi) is 3.51. The maximum atomic E-state index is 11.6. The molecule has 0 radical (unpaired) electrons. The third-order valence-electron chi connectivity index (χ3n) is 2.74. The summed E-state index contributed by atoms with van der Waals surface area (Å²) in [5, 5.41) is 6.06. The van der Waals surface area contributed by atoms with Crippen molar-refractivity contribution in [3.8, 4) is 0 Å². The van der Waals surface area contributed by atoms with Crippen molar-refractivity contribution in [1.82, 2.24) is 5.32 Å². The van der Waals surface area contributed by atoms with E-state index in [1.54, 1.807) is 0 Å². The highest BCUT2D eigenvalue weighted by molar-refractivity contribution is 7.80. The monoisotopic (exact) mass is 234 g/mol. The van der Waals surface area contributed by atoms with Gasteiger partial charge in [0.15, 0.2) is 5.11 Å². The summed E-state index contributed by atoms with van der Waals surface area (Å²) < 4.78 is 0. The van der Waals surface area contributed by atoms with Gasteiger partial charge in [-0.3, -0.25) is 4.79 Å². The number of carbonyl (C=O) groups is 1. The average molecular weight is 234 g/mol. The summed E-state index contributed by atoms with van der Waals surface area (Å²) in [4.78, 5) is 11.6. The number of amides is 1. The minimum Gasteiger partial charge on any atom is -0.332 e. The lowest BCUT2D eigenvalue weighted by molar-refractivity contribution is -0.125. The van der Waals surface area contributed by atoms with Gasteiger partial charge in [-0.05, 0) is 37.2 Å². The second kappa shape index (κ2) is 5.07. The molecule has 0 spiro atoms. The van der Waals surface area contributed by atoms with Crippen LogP contribution >= 0.6 is 12.2 Å². The van der Waals surface area contributed by atoms with E-state index in [2.05, 4.69) is 10.6 Å². The average Bonchev–Trinajstić information content (AvgIpc) is 2.15. The summed E-state index contributed by atoms with van der Waals surface area (Å²) in [7, 11) is 0. The lowest BCUT2D eigenvalue weighted by atomic mass is 9.85. The molecule has 84 valence electrons. The Balaban J connectivity index is 1.82. The minimum atomic E-state index is 0.0414. The molecule has 2 N–H and O–H groups in total. The van der Waals surface area contributed by atoms with E-state index in [0.29, 0.717) is 5.11 Å². The molecule has 1 fully saturated rings. The first kappa shape index (κ1) is 11.1. The van der Waals surface area contributed by atoms with E-state index in [4.69, 9.17) is 12.2 Å². The fourth-order valence-electron chi connectivity index (χ4n) is 1.57. The maximum absolute atomic E-state index is 11.6. The topological polar surface area (TPSA) is 41.1 Å². The highest BCUT2D eigenvalue weighted by Crippen LogP contribution is 2.26. The van der Waals surface area contributed by atoms with E-state index in [0.717, 1.165) is 24.9 Å². The van der Waals surface area contributed by atoms with Crippen molar-refractivity contribution in [3.63, 3.8) is 0 Å². The summed E-state index contributed by atoms with van der Waals surface area (Å²) in [6.45, 7) is 0. The molecule has 4 heteroatoms. The predicted molar refractivity (Wildman–Crippen MR) is 68.1 cm³/mol. The molecular weight excluding hydrogens is 220 g/mol. The number of thiocarbonyl (C=S) groups is 1. The van der Waals surface area contributed by atoms with Crippen LogP contribution in [-0.2, 0) is 4.79 Å². The normalized spacial score (nSPS) is 15.0. The molecule has 1 aliphatic carbocycles. The maximum Gasteiger partial charge on any atom is 0.229 e. The molecule has 0 unspecified atom stereocenters. The van der Waals surface area contributed by atoms with Gasteiger partial charge in [0.05, 0.1) is 0 Å².